The van der Waals surface area contributed by atoms with Crippen LogP contribution in [0.2, 0.25) is 0 Å². The molecule has 4 aliphatic rings. The highest BCUT2D eigenvalue weighted by Gasteiger charge is 2.74. The Morgan fingerprint density at radius 3 is 2.66 bits per heavy atom. The third-order valence-electron chi connectivity index (χ3n) is 9.18. The van der Waals surface area contributed by atoms with Crippen LogP contribution in [0.15, 0.2) is 23.8 Å². The van der Waals surface area contributed by atoms with Crippen molar-refractivity contribution in [3.8, 4) is 0 Å². The van der Waals surface area contributed by atoms with E-state index in [1.54, 1.807) is 6.08 Å². The van der Waals surface area contributed by atoms with E-state index in [0.717, 1.165) is 5.57 Å². The number of aliphatic hydroxyl groups excluding tert-OH is 1. The molecular formula is C24H32ClNO6. The lowest BCUT2D eigenvalue weighted by atomic mass is 9.45. The molecule has 8 heteroatoms. The molecule has 0 amide bonds. The van der Waals surface area contributed by atoms with E-state index in [2.05, 4.69) is 0 Å². The fourth-order valence-corrected chi connectivity index (χ4v) is 7.98. The minimum Gasteiger partial charge on any atom is -0.457 e. The lowest BCUT2D eigenvalue weighted by molar-refractivity contribution is -0.182. The minimum atomic E-state index is -1.76. The molecule has 0 unspecified atom stereocenters. The van der Waals surface area contributed by atoms with Gasteiger partial charge in [0.1, 0.15) is 5.60 Å². The Morgan fingerprint density at radius 2 is 2.00 bits per heavy atom. The Balaban J connectivity index is 1.73. The maximum atomic E-state index is 13.2. The van der Waals surface area contributed by atoms with Gasteiger partial charge in [-0.3, -0.25) is 14.4 Å². The molecule has 3 fully saturated rings. The number of nitrogens with two attached hydrogens (primary N) is 1. The summed E-state index contributed by atoms with van der Waals surface area (Å²) in [7, 11) is 0. The van der Waals surface area contributed by atoms with Crippen molar-refractivity contribution in [2.45, 2.75) is 63.0 Å². The van der Waals surface area contributed by atoms with Crippen molar-refractivity contribution in [3.05, 3.63) is 23.8 Å². The third kappa shape index (κ3) is 2.81. The van der Waals surface area contributed by atoms with Crippen molar-refractivity contribution >= 4 is 29.1 Å². The molecule has 176 valence electrons. The molecule has 0 bridgehead atoms. The van der Waals surface area contributed by atoms with Gasteiger partial charge in [0.15, 0.2) is 12.4 Å². The van der Waals surface area contributed by atoms with Crippen molar-refractivity contribution in [1.29, 1.82) is 0 Å². The second-order valence-corrected chi connectivity index (χ2v) is 11.1. The standard InChI is InChI=1S/C24H32ClNO6/c1-13-8-17-16-5-4-14-9-15(27)6-7-21(14,2)23(16,25)18(28)10-22(17,3)24(13,31)19(29)12-32-20(30)11-26/h6-7,9,13,16-18,28,31H,4-5,8,10-12,26H2,1-3H3/t13-,16-,17-,18-,21-,22-,23-,24-/m0/s1. The number of aliphatic hydroxyl groups is 2. The smallest absolute Gasteiger partial charge is 0.320 e. The average Bonchev–Trinajstić information content (AvgIpc) is 2.94. The summed E-state index contributed by atoms with van der Waals surface area (Å²) in [5, 5.41) is 23.3. The summed E-state index contributed by atoms with van der Waals surface area (Å²) in [6.45, 7) is 4.73. The highest BCUT2D eigenvalue weighted by atomic mass is 35.5. The van der Waals surface area contributed by atoms with E-state index in [-0.39, 0.29) is 30.6 Å². The molecule has 0 aromatic carbocycles. The molecule has 7 nitrogen and oxygen atoms in total. The number of alkyl halides is 1. The number of hydrogen-bond acceptors (Lipinski definition) is 7. The van der Waals surface area contributed by atoms with Crippen molar-refractivity contribution in [2.24, 2.45) is 34.3 Å². The molecule has 4 aliphatic carbocycles. The van der Waals surface area contributed by atoms with E-state index in [0.29, 0.717) is 19.3 Å². The molecule has 0 heterocycles. The molecule has 4 rings (SSSR count). The van der Waals surface area contributed by atoms with E-state index >= 15 is 0 Å². The van der Waals surface area contributed by atoms with Crippen LogP contribution in [0.5, 0.6) is 0 Å². The first-order valence-electron chi connectivity index (χ1n) is 11.3. The average molecular weight is 466 g/mol. The lowest BCUT2D eigenvalue weighted by Gasteiger charge is -2.63. The zero-order valence-corrected chi connectivity index (χ0v) is 19.5. The van der Waals surface area contributed by atoms with Crippen molar-refractivity contribution in [2.75, 3.05) is 13.2 Å². The topological polar surface area (TPSA) is 127 Å². The fourth-order valence-electron chi connectivity index (χ4n) is 7.46. The van der Waals surface area contributed by atoms with E-state index in [1.807, 2.05) is 26.8 Å². The van der Waals surface area contributed by atoms with Crippen LogP contribution in [-0.2, 0) is 19.1 Å². The maximum absolute atomic E-state index is 13.2. The van der Waals surface area contributed by atoms with Gasteiger partial charge in [0, 0.05) is 10.8 Å². The Hall–Kier alpha value is -1.54. The van der Waals surface area contributed by atoms with Crippen LogP contribution in [-0.4, -0.2) is 57.5 Å². The summed E-state index contributed by atoms with van der Waals surface area (Å²) >= 11 is 7.36. The van der Waals surface area contributed by atoms with Gasteiger partial charge in [-0.2, -0.15) is 0 Å². The second kappa shape index (κ2) is 7.49. The van der Waals surface area contributed by atoms with Crippen molar-refractivity contribution in [3.63, 3.8) is 0 Å². The summed E-state index contributed by atoms with van der Waals surface area (Å²) in [5.41, 5.74) is 2.78. The highest BCUT2D eigenvalue weighted by Crippen LogP contribution is 2.71. The van der Waals surface area contributed by atoms with Crippen LogP contribution in [0, 0.1) is 28.6 Å². The van der Waals surface area contributed by atoms with Crippen LogP contribution in [0.4, 0.5) is 0 Å². The van der Waals surface area contributed by atoms with Gasteiger partial charge in [-0.1, -0.05) is 32.4 Å². The van der Waals surface area contributed by atoms with Crippen LogP contribution >= 0.6 is 11.6 Å². The molecular weight excluding hydrogens is 434 g/mol. The number of allylic oxidation sites excluding steroid dienone is 4. The molecule has 0 saturated heterocycles. The first-order valence-corrected chi connectivity index (χ1v) is 11.7. The first kappa shape index (κ1) is 23.6. The van der Waals surface area contributed by atoms with Crippen molar-refractivity contribution in [1.82, 2.24) is 0 Å². The van der Waals surface area contributed by atoms with Gasteiger partial charge >= 0.3 is 5.97 Å². The Labute approximate surface area is 193 Å². The molecule has 0 spiro atoms. The monoisotopic (exact) mass is 465 g/mol. The van der Waals surface area contributed by atoms with Crippen LogP contribution < -0.4 is 5.73 Å². The summed E-state index contributed by atoms with van der Waals surface area (Å²) in [4.78, 5) is 35.6. The number of hydrogen-bond donors (Lipinski definition) is 3. The number of carbonyl (C=O) groups is 3. The molecule has 4 N–H and O–H groups in total. The number of esters is 1. The predicted octanol–water partition coefficient (Wildman–Crippen LogP) is 1.67. The van der Waals surface area contributed by atoms with Gasteiger partial charge in [0.2, 0.25) is 5.78 Å². The molecule has 0 aliphatic heterocycles. The predicted molar refractivity (Wildman–Crippen MR) is 118 cm³/mol. The lowest BCUT2D eigenvalue weighted by Crippen LogP contribution is -2.69. The van der Waals surface area contributed by atoms with Gasteiger partial charge in [-0.05, 0) is 55.6 Å². The largest absolute Gasteiger partial charge is 0.457 e. The third-order valence-corrected chi connectivity index (χ3v) is 10.1. The maximum Gasteiger partial charge on any atom is 0.320 e. The minimum absolute atomic E-state index is 0.0761. The van der Waals surface area contributed by atoms with Gasteiger partial charge in [0.25, 0.3) is 0 Å². The molecule has 0 aromatic rings. The zero-order chi connectivity index (χ0) is 23.7. The van der Waals surface area contributed by atoms with Gasteiger partial charge < -0.3 is 20.7 Å². The van der Waals surface area contributed by atoms with Gasteiger partial charge in [-0.15, -0.1) is 11.6 Å². The van der Waals surface area contributed by atoms with E-state index in [1.165, 1.54) is 6.08 Å². The summed E-state index contributed by atoms with van der Waals surface area (Å²) in [5.74, 6) is -2.06. The zero-order valence-electron chi connectivity index (χ0n) is 18.8. The summed E-state index contributed by atoms with van der Waals surface area (Å²) in [6, 6.07) is 0. The van der Waals surface area contributed by atoms with Gasteiger partial charge in [-0.25, -0.2) is 0 Å². The second-order valence-electron chi connectivity index (χ2n) is 10.5. The highest BCUT2D eigenvalue weighted by molar-refractivity contribution is 6.26. The number of Topliss-reactive ketones (excluding diaryl/α,β-unsaturated/α-hetero) is 1. The molecule has 3 saturated carbocycles. The number of halogens is 1. The number of ketones is 2. The molecule has 32 heavy (non-hydrogen) atoms. The van der Waals surface area contributed by atoms with E-state index in [4.69, 9.17) is 22.1 Å². The van der Waals surface area contributed by atoms with E-state index < -0.39 is 51.7 Å². The SMILES string of the molecule is C[C@H]1C[C@H]2[C@@H]3CCC4=CC(=O)C=C[C@]4(C)[C@@]3(Cl)[C@@H](O)C[C@]2(C)[C@@]1(O)C(=O)COC(=O)CN. The fraction of sp³-hybridized carbons (Fsp3) is 0.708. The molecule has 0 aromatic heterocycles. The van der Waals surface area contributed by atoms with Crippen LogP contribution in [0.25, 0.3) is 0 Å². The quantitative estimate of drug-likeness (QED) is 0.425. The summed E-state index contributed by atoms with van der Waals surface area (Å²) < 4.78 is 4.94. The van der Waals surface area contributed by atoms with E-state index in [9.17, 15) is 24.6 Å². The number of ether oxygens (including phenoxy) is 1. The van der Waals surface area contributed by atoms with Gasteiger partial charge in [0.05, 0.1) is 17.5 Å². The van der Waals surface area contributed by atoms with Crippen molar-refractivity contribution < 1.29 is 29.3 Å². The molecule has 8 atom stereocenters. The van der Waals surface area contributed by atoms with Crippen LogP contribution in [0.1, 0.15) is 46.5 Å². The first-order chi connectivity index (χ1) is 14.9. The summed E-state index contributed by atoms with van der Waals surface area (Å²) in [6.07, 6.45) is 5.95. The number of rotatable bonds is 4. The Kier molecular flexibility index (Phi) is 5.52. The Bertz CT molecular complexity index is 931. The van der Waals surface area contributed by atoms with Crippen LogP contribution in [0.3, 0.4) is 0 Å². The number of carbonyl (C=O) groups excluding carboxylic acids is 3. The molecule has 0 radical (unpaired) electrons. The number of fused-ring (bicyclic) bond motifs is 5. The Morgan fingerprint density at radius 1 is 1.31 bits per heavy atom. The normalized spacial score (nSPS) is 47.2.